The lowest BCUT2D eigenvalue weighted by Gasteiger charge is -2.21. The van der Waals surface area contributed by atoms with Crippen molar-refractivity contribution in [2.45, 2.75) is 45.1 Å². The maximum absolute atomic E-state index is 12.2. The molecule has 1 amide bonds. The number of hydrogen-bond acceptors (Lipinski definition) is 3. The van der Waals surface area contributed by atoms with Crippen LogP contribution in [0.3, 0.4) is 0 Å². The summed E-state index contributed by atoms with van der Waals surface area (Å²) >= 11 is 6.13. The Bertz CT molecular complexity index is 592. The molecule has 1 aromatic carbocycles. The van der Waals surface area contributed by atoms with E-state index < -0.39 is 0 Å². The third-order valence-electron chi connectivity index (χ3n) is 5.55. The van der Waals surface area contributed by atoms with E-state index in [0.29, 0.717) is 18.3 Å². The Morgan fingerprint density at radius 2 is 2.21 bits per heavy atom. The average molecular weight is 350 g/mol. The third-order valence-corrected chi connectivity index (χ3v) is 5.79. The van der Waals surface area contributed by atoms with Crippen molar-refractivity contribution < 1.29 is 4.79 Å². The summed E-state index contributed by atoms with van der Waals surface area (Å²) in [7, 11) is 0. The van der Waals surface area contributed by atoms with Gasteiger partial charge in [0, 0.05) is 42.8 Å². The predicted molar refractivity (Wildman–Crippen MR) is 99.5 cm³/mol. The topological polar surface area (TPSA) is 58.4 Å². The van der Waals surface area contributed by atoms with Crippen LogP contribution in [0.1, 0.15) is 37.7 Å². The molecule has 1 unspecified atom stereocenters. The minimum absolute atomic E-state index is 0.162. The van der Waals surface area contributed by atoms with Crippen LogP contribution in [0.4, 0.5) is 5.69 Å². The van der Waals surface area contributed by atoms with Crippen molar-refractivity contribution in [2.24, 2.45) is 17.6 Å². The highest BCUT2D eigenvalue weighted by Crippen LogP contribution is 2.29. The quantitative estimate of drug-likeness (QED) is 0.858. The first kappa shape index (κ1) is 17.6. The number of halogens is 1. The molecule has 1 saturated carbocycles. The van der Waals surface area contributed by atoms with Gasteiger partial charge in [0.15, 0.2) is 0 Å². The Morgan fingerprint density at radius 3 is 2.96 bits per heavy atom. The number of carbonyl (C=O) groups is 1. The van der Waals surface area contributed by atoms with Crippen molar-refractivity contribution in [1.29, 1.82) is 0 Å². The van der Waals surface area contributed by atoms with Gasteiger partial charge < -0.3 is 16.0 Å². The fourth-order valence-corrected chi connectivity index (χ4v) is 4.20. The Balaban J connectivity index is 1.46. The number of rotatable bonds is 5. The molecule has 0 bridgehead atoms. The van der Waals surface area contributed by atoms with Crippen LogP contribution >= 0.6 is 11.6 Å². The minimum atomic E-state index is 0.162. The summed E-state index contributed by atoms with van der Waals surface area (Å²) in [5.41, 5.74) is 8.52. The molecule has 3 N–H and O–H groups in total. The molecule has 1 saturated heterocycles. The van der Waals surface area contributed by atoms with Crippen molar-refractivity contribution in [1.82, 2.24) is 5.32 Å². The summed E-state index contributed by atoms with van der Waals surface area (Å²) < 4.78 is 0. The fourth-order valence-electron chi connectivity index (χ4n) is 4.03. The first-order valence-corrected chi connectivity index (χ1v) is 9.44. The van der Waals surface area contributed by atoms with Gasteiger partial charge in [0.25, 0.3) is 0 Å². The second-order valence-electron chi connectivity index (χ2n) is 7.39. The van der Waals surface area contributed by atoms with E-state index >= 15 is 0 Å². The fraction of sp³-hybridized carbons (Fsp3) is 0.632. The van der Waals surface area contributed by atoms with Gasteiger partial charge in [-0.3, -0.25) is 4.79 Å². The molecule has 1 aliphatic carbocycles. The van der Waals surface area contributed by atoms with E-state index in [2.05, 4.69) is 23.2 Å². The van der Waals surface area contributed by atoms with E-state index in [4.69, 9.17) is 17.3 Å². The number of anilines is 1. The zero-order valence-electron chi connectivity index (χ0n) is 14.4. The van der Waals surface area contributed by atoms with Crippen LogP contribution in [0.2, 0.25) is 5.02 Å². The molecule has 3 rings (SSSR count). The van der Waals surface area contributed by atoms with Crippen molar-refractivity contribution in [3.8, 4) is 0 Å². The first-order chi connectivity index (χ1) is 11.5. The van der Waals surface area contributed by atoms with Gasteiger partial charge in [-0.2, -0.15) is 0 Å². The number of nitrogens with one attached hydrogen (secondary N) is 1. The van der Waals surface area contributed by atoms with E-state index in [1.54, 1.807) is 0 Å². The van der Waals surface area contributed by atoms with Crippen LogP contribution in [0.25, 0.3) is 0 Å². The second kappa shape index (κ2) is 7.75. The van der Waals surface area contributed by atoms with Crippen LogP contribution in [0, 0.1) is 18.8 Å². The number of nitrogens with zero attached hydrogens (tertiary/aromatic N) is 1. The number of carbonyl (C=O) groups excluding carboxylic acids is 1. The lowest BCUT2D eigenvalue weighted by atomic mass is 9.99. The average Bonchev–Trinajstić information content (AvgIpc) is 3.17. The van der Waals surface area contributed by atoms with E-state index in [1.165, 1.54) is 11.3 Å². The summed E-state index contributed by atoms with van der Waals surface area (Å²) in [5.74, 6) is 1.04. The van der Waals surface area contributed by atoms with E-state index in [1.807, 2.05) is 12.1 Å². The number of aryl methyl sites for hydroxylation is 1. The van der Waals surface area contributed by atoms with Gasteiger partial charge in [-0.25, -0.2) is 0 Å². The molecule has 1 aliphatic heterocycles. The Kier molecular flexibility index (Phi) is 5.67. The lowest BCUT2D eigenvalue weighted by molar-refractivity contribution is -0.122. The molecule has 0 radical (unpaired) electrons. The number of benzene rings is 1. The molecule has 3 atom stereocenters. The predicted octanol–water partition coefficient (Wildman–Crippen LogP) is 3.11. The number of nitrogens with two attached hydrogens (primary N) is 1. The standard InChI is InChI=1S/C19H28ClN3O/c1-13-5-6-16(20)10-18(13)23-8-7-14(12-23)11-22-19(24)9-15-3-2-4-17(15)21/h5-6,10,14-15,17H,2-4,7-9,11-12,21H2,1H3,(H,22,24)/t14?,15-,17+/m0/s1. The van der Waals surface area contributed by atoms with E-state index in [9.17, 15) is 4.79 Å². The van der Waals surface area contributed by atoms with Gasteiger partial charge in [-0.15, -0.1) is 0 Å². The molecule has 0 aromatic heterocycles. The normalized spacial score (nSPS) is 26.8. The van der Waals surface area contributed by atoms with Gasteiger partial charge in [0.1, 0.15) is 0 Å². The highest BCUT2D eigenvalue weighted by molar-refractivity contribution is 6.30. The highest BCUT2D eigenvalue weighted by atomic mass is 35.5. The van der Waals surface area contributed by atoms with Gasteiger partial charge in [0.05, 0.1) is 0 Å². The van der Waals surface area contributed by atoms with Crippen molar-refractivity contribution in [3.63, 3.8) is 0 Å². The number of amides is 1. The summed E-state index contributed by atoms with van der Waals surface area (Å²) in [6.45, 7) is 4.88. The maximum Gasteiger partial charge on any atom is 0.220 e. The van der Waals surface area contributed by atoms with Crippen molar-refractivity contribution >= 4 is 23.2 Å². The molecule has 2 fully saturated rings. The number of hydrogen-bond donors (Lipinski definition) is 2. The first-order valence-electron chi connectivity index (χ1n) is 9.06. The van der Waals surface area contributed by atoms with Gasteiger partial charge >= 0.3 is 0 Å². The maximum atomic E-state index is 12.2. The largest absolute Gasteiger partial charge is 0.371 e. The zero-order valence-corrected chi connectivity index (χ0v) is 15.2. The van der Waals surface area contributed by atoms with Crippen LogP contribution < -0.4 is 16.0 Å². The van der Waals surface area contributed by atoms with Gasteiger partial charge in [-0.1, -0.05) is 24.1 Å². The molecule has 0 spiro atoms. The Morgan fingerprint density at radius 1 is 1.38 bits per heavy atom. The highest BCUT2D eigenvalue weighted by Gasteiger charge is 2.27. The monoisotopic (exact) mass is 349 g/mol. The lowest BCUT2D eigenvalue weighted by Crippen LogP contribution is -2.34. The molecule has 132 valence electrons. The third kappa shape index (κ3) is 4.22. The molecule has 1 aromatic rings. The Hall–Kier alpha value is -1.26. The minimum Gasteiger partial charge on any atom is -0.371 e. The van der Waals surface area contributed by atoms with Gasteiger partial charge in [0.2, 0.25) is 5.91 Å². The summed E-state index contributed by atoms with van der Waals surface area (Å²) in [6, 6.07) is 6.25. The van der Waals surface area contributed by atoms with Crippen molar-refractivity contribution in [3.05, 3.63) is 28.8 Å². The zero-order chi connectivity index (χ0) is 17.1. The smallest absolute Gasteiger partial charge is 0.220 e. The van der Waals surface area contributed by atoms with Crippen LogP contribution in [0.15, 0.2) is 18.2 Å². The van der Waals surface area contributed by atoms with E-state index in [-0.39, 0.29) is 11.9 Å². The summed E-state index contributed by atoms with van der Waals surface area (Å²) in [4.78, 5) is 14.5. The SMILES string of the molecule is Cc1ccc(Cl)cc1N1CCC(CNC(=O)C[C@@H]2CCC[C@H]2N)C1. The Labute approximate surface area is 149 Å². The molecule has 1 heterocycles. The molecular formula is C19H28ClN3O. The van der Waals surface area contributed by atoms with Gasteiger partial charge in [-0.05, 0) is 55.7 Å². The summed E-state index contributed by atoms with van der Waals surface area (Å²) in [6.07, 6.45) is 5.02. The second-order valence-corrected chi connectivity index (χ2v) is 7.83. The van der Waals surface area contributed by atoms with Crippen LogP contribution in [-0.2, 0) is 4.79 Å². The molecule has 4 nitrogen and oxygen atoms in total. The van der Waals surface area contributed by atoms with Crippen molar-refractivity contribution in [2.75, 3.05) is 24.5 Å². The molecule has 2 aliphatic rings. The van der Waals surface area contributed by atoms with Crippen LogP contribution in [-0.4, -0.2) is 31.6 Å². The summed E-state index contributed by atoms with van der Waals surface area (Å²) in [5, 5.41) is 3.90. The molecular weight excluding hydrogens is 322 g/mol. The van der Waals surface area contributed by atoms with E-state index in [0.717, 1.165) is 50.3 Å². The van der Waals surface area contributed by atoms with Crippen LogP contribution in [0.5, 0.6) is 0 Å². The molecule has 5 heteroatoms. The molecule has 24 heavy (non-hydrogen) atoms.